The van der Waals surface area contributed by atoms with E-state index >= 15 is 0 Å². The van der Waals surface area contributed by atoms with Gasteiger partial charge < -0.3 is 14.7 Å². The molecular formula is C18H26N6O3S. The monoisotopic (exact) mass is 406 g/mol. The number of rotatable bonds is 4. The smallest absolute Gasteiger partial charge is 0.249 e. The number of likely N-dealkylation sites (N-methyl/N-ethyl adjacent to an activating group) is 1. The van der Waals surface area contributed by atoms with Crippen LogP contribution in [0.2, 0.25) is 0 Å². The molecule has 0 spiro atoms. The summed E-state index contributed by atoms with van der Waals surface area (Å²) in [6, 6.07) is -0.386. The fourth-order valence-corrected chi connectivity index (χ4v) is 6.13. The Kier molecular flexibility index (Phi) is 4.88. The molecule has 1 unspecified atom stereocenters. The lowest BCUT2D eigenvalue weighted by Crippen LogP contribution is -2.34. The van der Waals surface area contributed by atoms with Crippen LogP contribution in [0.15, 0.2) is 9.42 Å². The minimum absolute atomic E-state index is 0.158. The molecular weight excluding hydrogens is 380 g/mol. The molecule has 4 rings (SSSR count). The highest BCUT2D eigenvalue weighted by atomic mass is 32.2. The van der Waals surface area contributed by atoms with Crippen molar-refractivity contribution < 1.29 is 12.9 Å². The van der Waals surface area contributed by atoms with E-state index in [0.29, 0.717) is 30.2 Å². The van der Waals surface area contributed by atoms with Crippen LogP contribution >= 0.6 is 0 Å². The number of hydrogen-bond acceptors (Lipinski definition) is 8. The van der Waals surface area contributed by atoms with E-state index in [4.69, 9.17) is 14.5 Å². The molecule has 4 heterocycles. The van der Waals surface area contributed by atoms with Gasteiger partial charge in [0, 0.05) is 32.2 Å². The maximum Gasteiger partial charge on any atom is 0.249 e. The van der Waals surface area contributed by atoms with Gasteiger partial charge in [-0.05, 0) is 40.2 Å². The second-order valence-corrected chi connectivity index (χ2v) is 9.35. The zero-order chi connectivity index (χ0) is 20.1. The summed E-state index contributed by atoms with van der Waals surface area (Å²) in [5.41, 5.74) is 2.49. The molecule has 0 radical (unpaired) electrons. The van der Waals surface area contributed by atoms with Crippen molar-refractivity contribution in [1.82, 2.24) is 24.3 Å². The number of aromatic nitrogens is 3. The van der Waals surface area contributed by atoms with Gasteiger partial charge in [0.1, 0.15) is 22.2 Å². The van der Waals surface area contributed by atoms with E-state index in [1.165, 1.54) is 4.31 Å². The Hall–Kier alpha value is -2.04. The second-order valence-electron chi connectivity index (χ2n) is 7.52. The predicted octanol–water partition coefficient (Wildman–Crippen LogP) is 1.64. The Morgan fingerprint density at radius 1 is 1.21 bits per heavy atom. The molecule has 0 aliphatic carbocycles. The third-order valence-corrected chi connectivity index (χ3v) is 7.70. The topological polar surface area (TPSA) is 104 Å². The van der Waals surface area contributed by atoms with Crippen LogP contribution in [0.5, 0.6) is 0 Å². The van der Waals surface area contributed by atoms with Crippen molar-refractivity contribution in [2.45, 2.75) is 50.6 Å². The van der Waals surface area contributed by atoms with Crippen molar-refractivity contribution in [2.24, 2.45) is 0 Å². The predicted molar refractivity (Wildman–Crippen MR) is 103 cm³/mol. The lowest BCUT2D eigenvalue weighted by atomic mass is 10.1. The summed E-state index contributed by atoms with van der Waals surface area (Å²) < 4.78 is 33.3. The van der Waals surface area contributed by atoms with Crippen LogP contribution in [0.1, 0.15) is 47.4 Å². The molecule has 2 aromatic rings. The average Bonchev–Trinajstić information content (AvgIpc) is 3.27. The highest BCUT2D eigenvalue weighted by molar-refractivity contribution is 7.89. The molecule has 10 heteroatoms. The Morgan fingerprint density at radius 2 is 2.00 bits per heavy atom. The van der Waals surface area contributed by atoms with Crippen LogP contribution in [-0.4, -0.2) is 59.9 Å². The van der Waals surface area contributed by atoms with Crippen LogP contribution in [0.25, 0.3) is 0 Å². The first-order valence-electron chi connectivity index (χ1n) is 9.53. The lowest BCUT2D eigenvalue weighted by molar-refractivity contribution is 0.304. The van der Waals surface area contributed by atoms with E-state index in [1.807, 2.05) is 7.05 Å². The zero-order valence-corrected chi connectivity index (χ0v) is 17.5. The number of sulfonamides is 1. The molecule has 9 nitrogen and oxygen atoms in total. The van der Waals surface area contributed by atoms with E-state index in [-0.39, 0.29) is 10.9 Å². The molecule has 2 aliphatic rings. The summed E-state index contributed by atoms with van der Waals surface area (Å²) >= 11 is 0. The van der Waals surface area contributed by atoms with Crippen molar-refractivity contribution in [3.8, 4) is 0 Å². The fourth-order valence-electron chi connectivity index (χ4n) is 4.18. The largest absolute Gasteiger partial charge is 0.373 e. The molecule has 1 saturated heterocycles. The SMILES string of the molecule is CNc1nc(C2CCCN2S(=O)(=O)c2c(C)noc2C)nc2c1CCN(C)C2. The van der Waals surface area contributed by atoms with E-state index in [1.54, 1.807) is 13.8 Å². The zero-order valence-electron chi connectivity index (χ0n) is 16.7. The van der Waals surface area contributed by atoms with Crippen LogP contribution < -0.4 is 5.32 Å². The van der Waals surface area contributed by atoms with Gasteiger partial charge in [-0.3, -0.25) is 0 Å². The summed E-state index contributed by atoms with van der Waals surface area (Å²) in [5, 5.41) is 6.99. The van der Waals surface area contributed by atoms with Crippen molar-refractivity contribution in [3.05, 3.63) is 28.5 Å². The normalized spacial score (nSPS) is 21.1. The first-order valence-corrected chi connectivity index (χ1v) is 11.0. The number of hydrogen-bond donors (Lipinski definition) is 1. The molecule has 1 fully saturated rings. The maximum absolute atomic E-state index is 13.4. The molecule has 1 atom stereocenters. The number of nitrogens with one attached hydrogen (secondary N) is 1. The number of aryl methyl sites for hydroxylation is 2. The third-order valence-electron chi connectivity index (χ3n) is 5.55. The lowest BCUT2D eigenvalue weighted by Gasteiger charge is -2.28. The molecule has 28 heavy (non-hydrogen) atoms. The van der Waals surface area contributed by atoms with Gasteiger partial charge in [-0.1, -0.05) is 5.16 Å². The van der Waals surface area contributed by atoms with Crippen LogP contribution in [0.3, 0.4) is 0 Å². The third kappa shape index (κ3) is 3.09. The quantitative estimate of drug-likeness (QED) is 0.817. The van der Waals surface area contributed by atoms with Gasteiger partial charge >= 0.3 is 0 Å². The minimum Gasteiger partial charge on any atom is -0.373 e. The van der Waals surface area contributed by atoms with Gasteiger partial charge in [0.25, 0.3) is 0 Å². The van der Waals surface area contributed by atoms with Gasteiger partial charge in [0.15, 0.2) is 5.76 Å². The summed E-state index contributed by atoms with van der Waals surface area (Å²) in [7, 11) is 0.169. The summed E-state index contributed by atoms with van der Waals surface area (Å²) in [6.07, 6.45) is 2.34. The summed E-state index contributed by atoms with van der Waals surface area (Å²) in [4.78, 5) is 11.9. The second kappa shape index (κ2) is 7.09. The highest BCUT2D eigenvalue weighted by Gasteiger charge is 2.41. The van der Waals surface area contributed by atoms with Gasteiger partial charge in [0.05, 0.1) is 11.7 Å². The first-order chi connectivity index (χ1) is 13.3. The van der Waals surface area contributed by atoms with Crippen LogP contribution in [0.4, 0.5) is 5.82 Å². The van der Waals surface area contributed by atoms with Gasteiger partial charge in [-0.25, -0.2) is 18.4 Å². The van der Waals surface area contributed by atoms with Gasteiger partial charge in [-0.15, -0.1) is 0 Å². The molecule has 0 bridgehead atoms. The van der Waals surface area contributed by atoms with E-state index in [0.717, 1.165) is 43.0 Å². The number of anilines is 1. The molecule has 0 saturated carbocycles. The number of nitrogens with zero attached hydrogens (tertiary/aromatic N) is 5. The standard InChI is InChI=1S/C18H26N6O3S/c1-11-16(12(2)27-22-11)28(25,26)24-8-5-6-15(24)18-20-14-10-23(4)9-7-13(14)17(19-3)21-18/h15H,5-10H2,1-4H3,(H,19,20,21). The van der Waals surface area contributed by atoms with Crippen molar-refractivity contribution in [1.29, 1.82) is 0 Å². The van der Waals surface area contributed by atoms with Gasteiger partial charge in [0.2, 0.25) is 10.0 Å². The Labute approximate surface area is 165 Å². The van der Waals surface area contributed by atoms with Crippen LogP contribution in [-0.2, 0) is 23.0 Å². The maximum atomic E-state index is 13.4. The Bertz CT molecular complexity index is 983. The molecule has 2 aromatic heterocycles. The molecule has 0 amide bonds. The Balaban J connectivity index is 1.76. The molecule has 2 aliphatic heterocycles. The number of fused-ring (bicyclic) bond motifs is 1. The van der Waals surface area contributed by atoms with Gasteiger partial charge in [-0.2, -0.15) is 4.31 Å². The van der Waals surface area contributed by atoms with E-state index in [9.17, 15) is 8.42 Å². The highest BCUT2D eigenvalue weighted by Crippen LogP contribution is 2.38. The van der Waals surface area contributed by atoms with E-state index < -0.39 is 10.0 Å². The summed E-state index contributed by atoms with van der Waals surface area (Å²) in [6.45, 7) is 5.41. The fraction of sp³-hybridized carbons (Fsp3) is 0.611. The van der Waals surface area contributed by atoms with Crippen LogP contribution in [0, 0.1) is 13.8 Å². The van der Waals surface area contributed by atoms with Crippen molar-refractivity contribution >= 4 is 15.8 Å². The minimum atomic E-state index is -3.74. The molecule has 152 valence electrons. The summed E-state index contributed by atoms with van der Waals surface area (Å²) in [5.74, 6) is 1.67. The first kappa shape index (κ1) is 19.3. The van der Waals surface area contributed by atoms with Crippen molar-refractivity contribution in [2.75, 3.05) is 32.5 Å². The Morgan fingerprint density at radius 3 is 2.68 bits per heavy atom. The molecule has 0 aromatic carbocycles. The van der Waals surface area contributed by atoms with Crippen molar-refractivity contribution in [3.63, 3.8) is 0 Å². The van der Waals surface area contributed by atoms with E-state index in [2.05, 4.69) is 22.4 Å². The molecule has 1 N–H and O–H groups in total. The average molecular weight is 407 g/mol.